The molecule has 28 heavy (non-hydrogen) atoms. The minimum atomic E-state index is -1.58. The summed E-state index contributed by atoms with van der Waals surface area (Å²) in [6, 6.07) is 25.3. The third-order valence-corrected chi connectivity index (χ3v) is 4.44. The molecule has 0 amide bonds. The van der Waals surface area contributed by atoms with Crippen LogP contribution < -0.4 is 0 Å². The SMILES string of the molecule is O=C(O)C(=O)CC(=O)c1cc(Cc2ccccc2)cc(Cc2ccccc2)c1. The summed E-state index contributed by atoms with van der Waals surface area (Å²) in [5.41, 5.74) is 4.49. The smallest absolute Gasteiger partial charge is 0.372 e. The number of carbonyl (C=O) groups is 3. The first-order chi connectivity index (χ1) is 13.5. The summed E-state index contributed by atoms with van der Waals surface area (Å²) in [6.45, 7) is 0. The Hall–Kier alpha value is -3.53. The van der Waals surface area contributed by atoms with E-state index in [1.54, 1.807) is 12.1 Å². The molecule has 0 radical (unpaired) electrons. The molecular formula is C24H20O4. The third-order valence-electron chi connectivity index (χ3n) is 4.44. The van der Waals surface area contributed by atoms with Crippen molar-refractivity contribution >= 4 is 17.5 Å². The number of ketones is 2. The molecule has 0 aromatic heterocycles. The van der Waals surface area contributed by atoms with Crippen molar-refractivity contribution in [2.75, 3.05) is 0 Å². The molecule has 0 aliphatic heterocycles. The zero-order valence-corrected chi connectivity index (χ0v) is 15.3. The van der Waals surface area contributed by atoms with Crippen molar-refractivity contribution in [3.05, 3.63) is 107 Å². The molecule has 3 aromatic rings. The summed E-state index contributed by atoms with van der Waals surface area (Å²) in [5.74, 6) is -3.15. The highest BCUT2D eigenvalue weighted by Gasteiger charge is 2.18. The van der Waals surface area contributed by atoms with Gasteiger partial charge in [-0.15, -0.1) is 0 Å². The highest BCUT2D eigenvalue weighted by atomic mass is 16.4. The van der Waals surface area contributed by atoms with Gasteiger partial charge in [0.15, 0.2) is 5.78 Å². The van der Waals surface area contributed by atoms with Gasteiger partial charge in [-0.25, -0.2) is 4.79 Å². The quantitative estimate of drug-likeness (QED) is 0.367. The van der Waals surface area contributed by atoms with E-state index < -0.39 is 24.0 Å². The molecule has 0 aliphatic rings. The van der Waals surface area contributed by atoms with Crippen LogP contribution in [0.15, 0.2) is 78.9 Å². The predicted octanol–water partition coefficient (Wildman–Crippen LogP) is 4.09. The van der Waals surface area contributed by atoms with E-state index in [1.807, 2.05) is 60.7 Å². The van der Waals surface area contributed by atoms with Gasteiger partial charge in [0, 0.05) is 5.56 Å². The molecule has 3 rings (SSSR count). The Labute approximate surface area is 163 Å². The number of aliphatic carboxylic acids is 1. The fraction of sp³-hybridized carbons (Fsp3) is 0.125. The Kier molecular flexibility index (Phi) is 6.12. The van der Waals surface area contributed by atoms with Crippen molar-refractivity contribution in [3.8, 4) is 0 Å². The Bertz CT molecular complexity index is 932. The molecule has 4 heteroatoms. The summed E-state index contributed by atoms with van der Waals surface area (Å²) in [7, 11) is 0. The van der Waals surface area contributed by atoms with Gasteiger partial charge >= 0.3 is 5.97 Å². The Balaban J connectivity index is 1.92. The lowest BCUT2D eigenvalue weighted by molar-refractivity contribution is -0.148. The monoisotopic (exact) mass is 372 g/mol. The first kappa shape index (κ1) is 19.2. The number of hydrogen-bond acceptors (Lipinski definition) is 3. The van der Waals surface area contributed by atoms with Crippen molar-refractivity contribution in [3.63, 3.8) is 0 Å². The number of carboxylic acids is 1. The number of carbonyl (C=O) groups excluding carboxylic acids is 2. The molecule has 0 bridgehead atoms. The van der Waals surface area contributed by atoms with Gasteiger partial charge in [-0.1, -0.05) is 66.7 Å². The van der Waals surface area contributed by atoms with Crippen molar-refractivity contribution in [1.82, 2.24) is 0 Å². The summed E-state index contributed by atoms with van der Waals surface area (Å²) in [4.78, 5) is 34.7. The fourth-order valence-electron chi connectivity index (χ4n) is 3.11. The second-order valence-electron chi connectivity index (χ2n) is 6.69. The first-order valence-electron chi connectivity index (χ1n) is 9.01. The van der Waals surface area contributed by atoms with Gasteiger partial charge in [-0.05, 0) is 47.2 Å². The minimum absolute atomic E-state index is 0.369. The van der Waals surface area contributed by atoms with E-state index >= 15 is 0 Å². The Morgan fingerprint density at radius 2 is 1.11 bits per heavy atom. The van der Waals surface area contributed by atoms with Crippen LogP contribution in [-0.4, -0.2) is 22.6 Å². The van der Waals surface area contributed by atoms with Crippen LogP contribution in [0.4, 0.5) is 0 Å². The van der Waals surface area contributed by atoms with Crippen molar-refractivity contribution in [1.29, 1.82) is 0 Å². The Morgan fingerprint density at radius 1 is 0.643 bits per heavy atom. The van der Waals surface area contributed by atoms with Crippen molar-refractivity contribution < 1.29 is 19.5 Å². The van der Waals surface area contributed by atoms with Crippen molar-refractivity contribution in [2.24, 2.45) is 0 Å². The molecule has 0 heterocycles. The summed E-state index contributed by atoms with van der Waals surface area (Å²) in [5, 5.41) is 8.77. The highest BCUT2D eigenvalue weighted by Crippen LogP contribution is 2.19. The molecule has 0 unspecified atom stereocenters. The molecular weight excluding hydrogens is 352 g/mol. The molecule has 1 N–H and O–H groups in total. The molecule has 0 fully saturated rings. The Morgan fingerprint density at radius 3 is 1.54 bits per heavy atom. The van der Waals surface area contributed by atoms with Crippen LogP contribution >= 0.6 is 0 Å². The highest BCUT2D eigenvalue weighted by molar-refractivity contribution is 6.37. The van der Waals surface area contributed by atoms with E-state index in [0.29, 0.717) is 18.4 Å². The van der Waals surface area contributed by atoms with E-state index in [4.69, 9.17) is 5.11 Å². The van der Waals surface area contributed by atoms with Gasteiger partial charge in [-0.3, -0.25) is 9.59 Å². The van der Waals surface area contributed by atoms with Gasteiger partial charge in [0.05, 0.1) is 6.42 Å². The zero-order chi connectivity index (χ0) is 19.9. The molecule has 4 nitrogen and oxygen atoms in total. The lowest BCUT2D eigenvalue weighted by atomic mass is 9.94. The molecule has 3 aromatic carbocycles. The molecule has 140 valence electrons. The van der Waals surface area contributed by atoms with Crippen LogP contribution in [0.5, 0.6) is 0 Å². The zero-order valence-electron chi connectivity index (χ0n) is 15.3. The number of benzene rings is 3. The van der Waals surface area contributed by atoms with Crippen LogP contribution in [0, 0.1) is 0 Å². The van der Waals surface area contributed by atoms with Crippen LogP contribution in [0.2, 0.25) is 0 Å². The molecule has 0 aliphatic carbocycles. The fourth-order valence-corrected chi connectivity index (χ4v) is 3.11. The molecule has 0 saturated heterocycles. The summed E-state index contributed by atoms with van der Waals surface area (Å²) in [6.07, 6.45) is 0.669. The van der Waals surface area contributed by atoms with E-state index in [9.17, 15) is 14.4 Å². The van der Waals surface area contributed by atoms with Gasteiger partial charge in [0.1, 0.15) is 0 Å². The predicted molar refractivity (Wildman–Crippen MR) is 107 cm³/mol. The molecule has 0 spiro atoms. The lowest BCUT2D eigenvalue weighted by Crippen LogP contribution is -2.17. The average Bonchev–Trinajstić information content (AvgIpc) is 2.69. The van der Waals surface area contributed by atoms with E-state index in [-0.39, 0.29) is 0 Å². The second-order valence-corrected chi connectivity index (χ2v) is 6.69. The number of Topliss-reactive ketones (excluding diaryl/α,β-unsaturated/α-hetero) is 2. The lowest BCUT2D eigenvalue weighted by Gasteiger charge is -2.10. The minimum Gasteiger partial charge on any atom is -0.475 e. The maximum Gasteiger partial charge on any atom is 0.372 e. The normalized spacial score (nSPS) is 10.4. The maximum atomic E-state index is 12.5. The average molecular weight is 372 g/mol. The largest absolute Gasteiger partial charge is 0.475 e. The van der Waals surface area contributed by atoms with Crippen LogP contribution in [0.3, 0.4) is 0 Å². The summed E-state index contributed by atoms with van der Waals surface area (Å²) >= 11 is 0. The van der Waals surface area contributed by atoms with E-state index in [0.717, 1.165) is 22.3 Å². The van der Waals surface area contributed by atoms with Crippen LogP contribution in [-0.2, 0) is 22.4 Å². The van der Waals surface area contributed by atoms with Crippen molar-refractivity contribution in [2.45, 2.75) is 19.3 Å². The number of carboxylic acid groups (broad SMARTS) is 1. The van der Waals surface area contributed by atoms with Gasteiger partial charge < -0.3 is 5.11 Å². The first-order valence-corrected chi connectivity index (χ1v) is 9.01. The van der Waals surface area contributed by atoms with Gasteiger partial charge in [0.2, 0.25) is 5.78 Å². The molecule has 0 atom stereocenters. The van der Waals surface area contributed by atoms with E-state index in [1.165, 1.54) is 0 Å². The summed E-state index contributed by atoms with van der Waals surface area (Å²) < 4.78 is 0. The molecule has 0 saturated carbocycles. The third kappa shape index (κ3) is 5.24. The van der Waals surface area contributed by atoms with E-state index in [2.05, 4.69) is 6.07 Å². The number of hydrogen-bond donors (Lipinski definition) is 1. The van der Waals surface area contributed by atoms with Gasteiger partial charge in [-0.2, -0.15) is 0 Å². The van der Waals surface area contributed by atoms with Crippen LogP contribution in [0.1, 0.15) is 39.0 Å². The standard InChI is InChI=1S/C24H20O4/c25-22(16-23(26)24(27)28)21-14-19(11-17-7-3-1-4-8-17)13-20(15-21)12-18-9-5-2-6-10-18/h1-10,13-15H,11-12,16H2,(H,27,28). The maximum absolute atomic E-state index is 12.5. The second kappa shape index (κ2) is 8.91. The van der Waals surface area contributed by atoms with Crippen LogP contribution in [0.25, 0.3) is 0 Å². The van der Waals surface area contributed by atoms with Gasteiger partial charge in [0.25, 0.3) is 0 Å². The number of rotatable bonds is 8. The topological polar surface area (TPSA) is 71.4 Å².